The van der Waals surface area contributed by atoms with Gasteiger partial charge in [-0.2, -0.15) is 0 Å². The van der Waals surface area contributed by atoms with Crippen molar-refractivity contribution < 1.29 is 14.7 Å². The van der Waals surface area contributed by atoms with Gasteiger partial charge in [0.25, 0.3) is 5.91 Å². The molecule has 0 aromatic heterocycles. The Morgan fingerprint density at radius 1 is 1.29 bits per heavy atom. The number of hydrogen-bond acceptors (Lipinski definition) is 6. The summed E-state index contributed by atoms with van der Waals surface area (Å²) in [6, 6.07) is 12.2. The van der Waals surface area contributed by atoms with Crippen LogP contribution in [0.25, 0.3) is 0 Å². The third kappa shape index (κ3) is 5.40. The molecule has 28 heavy (non-hydrogen) atoms. The molecule has 0 atom stereocenters. The van der Waals surface area contributed by atoms with Crippen molar-refractivity contribution in [2.45, 2.75) is 26.3 Å². The first-order valence-electron chi connectivity index (χ1n) is 8.79. The molecule has 0 unspecified atom stereocenters. The molecule has 2 aromatic rings. The van der Waals surface area contributed by atoms with Gasteiger partial charge in [-0.25, -0.2) is 0 Å². The van der Waals surface area contributed by atoms with E-state index in [1.165, 1.54) is 24.9 Å². The number of benzene rings is 2. The van der Waals surface area contributed by atoms with Crippen LogP contribution in [0, 0.1) is 0 Å². The Balaban J connectivity index is 2.23. The minimum absolute atomic E-state index is 0.307. The number of nitrogens with two attached hydrogens (primary N) is 1. The van der Waals surface area contributed by atoms with Crippen LogP contribution in [-0.2, 0) is 5.54 Å². The number of carbonyl (C=O) groups excluding carboxylic acids is 1. The zero-order valence-corrected chi connectivity index (χ0v) is 17.3. The molecule has 0 aliphatic carbocycles. The van der Waals surface area contributed by atoms with Crippen LogP contribution in [0.4, 0.5) is 11.4 Å². The highest BCUT2D eigenvalue weighted by Gasteiger charge is 2.21. The molecule has 0 heterocycles. The molecule has 5 N–H and O–H groups in total. The summed E-state index contributed by atoms with van der Waals surface area (Å²) in [5.74, 6) is 0.982. The molecule has 1 amide bonds. The molecule has 0 saturated carbocycles. The molecule has 2 aromatic carbocycles. The fraction of sp³-hybridized carbons (Fsp3) is 0.300. The SMILES string of the molecule is CCSC(N)=NC(C)(C)c1cccc(NC(=O)c2ccc(OC)c(NO)c2)c1. The van der Waals surface area contributed by atoms with Crippen LogP contribution in [0.15, 0.2) is 47.5 Å². The summed E-state index contributed by atoms with van der Waals surface area (Å²) in [6.07, 6.45) is 0. The molecule has 0 aliphatic rings. The van der Waals surface area contributed by atoms with E-state index in [4.69, 9.17) is 10.5 Å². The van der Waals surface area contributed by atoms with Crippen LogP contribution in [0.5, 0.6) is 5.75 Å². The lowest BCUT2D eigenvalue weighted by atomic mass is 9.95. The van der Waals surface area contributed by atoms with Gasteiger partial charge in [-0.15, -0.1) is 0 Å². The zero-order chi connectivity index (χ0) is 20.7. The summed E-state index contributed by atoms with van der Waals surface area (Å²) >= 11 is 1.49. The Morgan fingerprint density at radius 2 is 2.04 bits per heavy atom. The fourth-order valence-corrected chi connectivity index (χ4v) is 3.23. The van der Waals surface area contributed by atoms with E-state index < -0.39 is 5.54 Å². The van der Waals surface area contributed by atoms with Crippen LogP contribution >= 0.6 is 11.8 Å². The number of rotatable bonds is 7. The molecule has 0 spiro atoms. The number of hydrogen-bond donors (Lipinski definition) is 4. The van der Waals surface area contributed by atoms with Crippen molar-refractivity contribution in [3.63, 3.8) is 0 Å². The van der Waals surface area contributed by atoms with Crippen molar-refractivity contribution in [3.8, 4) is 5.75 Å². The molecule has 7 nitrogen and oxygen atoms in total. The first-order chi connectivity index (χ1) is 13.3. The monoisotopic (exact) mass is 402 g/mol. The molecule has 2 rings (SSSR count). The first kappa shape index (κ1) is 21.6. The number of amides is 1. The second-order valence-electron chi connectivity index (χ2n) is 6.50. The smallest absolute Gasteiger partial charge is 0.255 e. The summed E-state index contributed by atoms with van der Waals surface area (Å²) in [7, 11) is 1.48. The number of methoxy groups -OCH3 is 1. The molecule has 0 bridgehead atoms. The molecule has 0 fully saturated rings. The van der Waals surface area contributed by atoms with Gasteiger partial charge in [-0.05, 0) is 55.5 Å². The van der Waals surface area contributed by atoms with Gasteiger partial charge in [0.2, 0.25) is 0 Å². The van der Waals surface area contributed by atoms with Crippen molar-refractivity contribution in [1.29, 1.82) is 0 Å². The third-order valence-corrected chi connectivity index (χ3v) is 4.77. The van der Waals surface area contributed by atoms with Crippen molar-refractivity contribution in [2.24, 2.45) is 10.7 Å². The summed E-state index contributed by atoms with van der Waals surface area (Å²) in [5, 5.41) is 12.6. The van der Waals surface area contributed by atoms with Crippen LogP contribution in [0.1, 0.15) is 36.7 Å². The van der Waals surface area contributed by atoms with Crippen molar-refractivity contribution in [2.75, 3.05) is 23.7 Å². The minimum atomic E-state index is -0.527. The average molecular weight is 403 g/mol. The van der Waals surface area contributed by atoms with Crippen molar-refractivity contribution in [1.82, 2.24) is 0 Å². The van der Waals surface area contributed by atoms with Crippen LogP contribution in [-0.4, -0.2) is 29.1 Å². The summed E-state index contributed by atoms with van der Waals surface area (Å²) in [4.78, 5) is 17.2. The number of aliphatic imine (C=N–C) groups is 1. The first-order valence-corrected chi connectivity index (χ1v) is 9.77. The number of thioether (sulfide) groups is 1. The quantitative estimate of drug-likeness (QED) is 0.316. The normalized spacial score (nSPS) is 11.8. The topological polar surface area (TPSA) is 109 Å². The van der Waals surface area contributed by atoms with E-state index in [1.807, 2.05) is 44.5 Å². The number of nitrogens with zero attached hydrogens (tertiary/aromatic N) is 1. The highest BCUT2D eigenvalue weighted by atomic mass is 32.2. The van der Waals surface area contributed by atoms with E-state index in [1.54, 1.807) is 18.2 Å². The lowest BCUT2D eigenvalue weighted by Crippen LogP contribution is -2.20. The fourth-order valence-electron chi connectivity index (χ4n) is 2.64. The third-order valence-electron chi connectivity index (χ3n) is 4.09. The van der Waals surface area contributed by atoms with E-state index in [9.17, 15) is 10.0 Å². The second kappa shape index (κ2) is 9.48. The molecule has 8 heteroatoms. The zero-order valence-electron chi connectivity index (χ0n) is 16.4. The molecule has 0 radical (unpaired) electrons. The Labute approximate surface area is 169 Å². The Morgan fingerprint density at radius 3 is 2.68 bits per heavy atom. The molecule has 0 saturated heterocycles. The maximum absolute atomic E-state index is 12.6. The van der Waals surface area contributed by atoms with Gasteiger partial charge >= 0.3 is 0 Å². The maximum atomic E-state index is 12.6. The highest BCUT2D eigenvalue weighted by molar-refractivity contribution is 8.13. The van der Waals surface area contributed by atoms with Crippen molar-refractivity contribution in [3.05, 3.63) is 53.6 Å². The molecular formula is C20H26N4O3S. The predicted octanol–water partition coefficient (Wildman–Crippen LogP) is 4.05. The van der Waals surface area contributed by atoms with Gasteiger partial charge in [-0.1, -0.05) is 30.8 Å². The summed E-state index contributed by atoms with van der Waals surface area (Å²) in [6.45, 7) is 5.96. The molecule has 150 valence electrons. The van der Waals surface area contributed by atoms with Crippen LogP contribution in [0.2, 0.25) is 0 Å². The number of ether oxygens (including phenoxy) is 1. The van der Waals surface area contributed by atoms with Gasteiger partial charge in [0.05, 0.1) is 12.6 Å². The Bertz CT molecular complexity index is 868. The van der Waals surface area contributed by atoms with Crippen LogP contribution < -0.4 is 21.3 Å². The number of carbonyl (C=O) groups is 1. The average Bonchev–Trinajstić information content (AvgIpc) is 2.67. The Kier molecular flexibility index (Phi) is 7.31. The van der Waals surface area contributed by atoms with Gasteiger partial charge < -0.3 is 15.8 Å². The van der Waals surface area contributed by atoms with Gasteiger partial charge in [0.15, 0.2) is 5.17 Å². The van der Waals surface area contributed by atoms with E-state index in [2.05, 4.69) is 10.3 Å². The Hall–Kier alpha value is -2.71. The highest BCUT2D eigenvalue weighted by Crippen LogP contribution is 2.29. The lowest BCUT2D eigenvalue weighted by Gasteiger charge is -2.22. The van der Waals surface area contributed by atoms with E-state index >= 15 is 0 Å². The number of amidine groups is 1. The number of anilines is 2. The number of nitrogens with one attached hydrogen (secondary N) is 2. The summed E-state index contributed by atoms with van der Waals surface area (Å²) in [5.41, 5.74) is 9.72. The summed E-state index contributed by atoms with van der Waals surface area (Å²) < 4.78 is 5.11. The van der Waals surface area contributed by atoms with Crippen LogP contribution in [0.3, 0.4) is 0 Å². The van der Waals surface area contributed by atoms with Gasteiger partial charge in [-0.3, -0.25) is 20.5 Å². The van der Waals surface area contributed by atoms with Gasteiger partial charge in [0, 0.05) is 11.3 Å². The van der Waals surface area contributed by atoms with Gasteiger partial charge in [0.1, 0.15) is 11.4 Å². The van der Waals surface area contributed by atoms with E-state index in [-0.39, 0.29) is 5.91 Å². The van der Waals surface area contributed by atoms with E-state index in [0.29, 0.717) is 27.9 Å². The molecule has 0 aliphatic heterocycles. The standard InChI is InChI=1S/C20H26N4O3S/c1-5-28-19(21)23-20(2,3)14-7-6-8-15(12-14)22-18(25)13-9-10-17(27-4)16(11-13)24-26/h6-12,24,26H,5H2,1-4H3,(H2,21,23)(H,22,25). The van der Waals surface area contributed by atoms with Crippen molar-refractivity contribution >= 4 is 34.2 Å². The minimum Gasteiger partial charge on any atom is -0.495 e. The van der Waals surface area contributed by atoms with E-state index in [0.717, 1.165) is 11.3 Å². The maximum Gasteiger partial charge on any atom is 0.255 e. The predicted molar refractivity (Wildman–Crippen MR) is 116 cm³/mol. The molecular weight excluding hydrogens is 376 g/mol. The lowest BCUT2D eigenvalue weighted by molar-refractivity contribution is 0.102. The largest absolute Gasteiger partial charge is 0.495 e. The second-order valence-corrected chi connectivity index (χ2v) is 7.79.